The van der Waals surface area contributed by atoms with E-state index in [2.05, 4.69) is 9.97 Å². The number of amides is 1. The Bertz CT molecular complexity index is 959. The average Bonchev–Trinajstić information content (AvgIpc) is 3.48. The molecule has 124 valence electrons. The van der Waals surface area contributed by atoms with E-state index in [0.717, 1.165) is 37.2 Å². The Balaban J connectivity index is 1.48. The number of aromatic nitrogens is 2. The molecule has 0 saturated heterocycles. The summed E-state index contributed by atoms with van der Waals surface area (Å²) in [4.78, 5) is 42.7. The first-order valence-corrected chi connectivity index (χ1v) is 8.37. The van der Waals surface area contributed by atoms with Crippen molar-refractivity contribution in [1.29, 1.82) is 0 Å². The van der Waals surface area contributed by atoms with Crippen molar-refractivity contribution in [3.05, 3.63) is 55.2 Å². The average molecular weight is 327 g/mol. The number of furan rings is 1. The maximum Gasteiger partial charge on any atom is 0.325 e. The minimum Gasteiger partial charge on any atom is -0.465 e. The summed E-state index contributed by atoms with van der Waals surface area (Å²) in [5.41, 5.74) is 0.659. The zero-order chi connectivity index (χ0) is 16.4. The van der Waals surface area contributed by atoms with Gasteiger partial charge in [-0.2, -0.15) is 0 Å². The molecule has 0 spiro atoms. The van der Waals surface area contributed by atoms with E-state index in [0.29, 0.717) is 28.7 Å². The monoisotopic (exact) mass is 327 g/mol. The fraction of sp³-hybridized carbons (Fsp3) is 0.471. The van der Waals surface area contributed by atoms with Crippen molar-refractivity contribution in [2.45, 2.75) is 50.6 Å². The van der Waals surface area contributed by atoms with Crippen LogP contribution in [0.25, 0.3) is 0 Å². The van der Waals surface area contributed by atoms with Crippen molar-refractivity contribution in [2.24, 2.45) is 0 Å². The molecule has 1 amide bonds. The summed E-state index contributed by atoms with van der Waals surface area (Å²) < 4.78 is 5.99. The van der Waals surface area contributed by atoms with E-state index in [9.17, 15) is 14.4 Å². The molecule has 24 heavy (non-hydrogen) atoms. The number of rotatable bonds is 3. The molecule has 2 aromatic heterocycles. The van der Waals surface area contributed by atoms with Gasteiger partial charge in [-0.3, -0.25) is 14.6 Å². The Morgan fingerprint density at radius 3 is 2.54 bits per heavy atom. The minimum atomic E-state index is -0.536. The topological polar surface area (TPSA) is 99.2 Å². The highest BCUT2D eigenvalue weighted by molar-refractivity contribution is 5.96. The third-order valence-electron chi connectivity index (χ3n) is 5.05. The van der Waals surface area contributed by atoms with Crippen LogP contribution in [0.4, 0.5) is 0 Å². The van der Waals surface area contributed by atoms with Crippen LogP contribution in [0.3, 0.4) is 0 Å². The third kappa shape index (κ3) is 2.15. The van der Waals surface area contributed by atoms with E-state index >= 15 is 0 Å². The lowest BCUT2D eigenvalue weighted by molar-refractivity contribution is 0.0748. The molecule has 0 atom stereocenters. The third-order valence-corrected chi connectivity index (χ3v) is 5.05. The molecule has 3 aliphatic rings. The van der Waals surface area contributed by atoms with Crippen molar-refractivity contribution in [3.8, 4) is 0 Å². The summed E-state index contributed by atoms with van der Waals surface area (Å²) in [5, 5.41) is 0. The second-order valence-electron chi connectivity index (χ2n) is 7.00. The van der Waals surface area contributed by atoms with E-state index in [4.69, 9.17) is 4.42 Å². The summed E-state index contributed by atoms with van der Waals surface area (Å²) in [6.07, 6.45) is 4.37. The summed E-state index contributed by atoms with van der Waals surface area (Å²) in [7, 11) is 0. The molecule has 0 unspecified atom stereocenters. The number of fused-ring (bicyclic) bond motifs is 1. The van der Waals surface area contributed by atoms with Crippen LogP contribution in [0, 0.1) is 0 Å². The molecule has 5 rings (SSSR count). The molecule has 7 nitrogen and oxygen atoms in total. The first-order valence-electron chi connectivity index (χ1n) is 8.37. The molecule has 2 fully saturated rings. The van der Waals surface area contributed by atoms with Crippen LogP contribution in [0.2, 0.25) is 0 Å². The zero-order valence-electron chi connectivity index (χ0n) is 13.1. The maximum absolute atomic E-state index is 13.0. The van der Waals surface area contributed by atoms with Gasteiger partial charge in [-0.05, 0) is 31.7 Å². The number of carbonyl (C=O) groups is 1. The predicted octanol–water partition coefficient (Wildman–Crippen LogP) is 1.57. The maximum atomic E-state index is 13.0. The minimum absolute atomic E-state index is 0.121. The first-order chi connectivity index (χ1) is 11.6. The Labute approximate surface area is 136 Å². The lowest BCUT2D eigenvalue weighted by Gasteiger charge is -2.14. The number of hydrogen-bond acceptors (Lipinski definition) is 4. The molecule has 2 saturated carbocycles. The molecule has 1 aliphatic heterocycles. The zero-order valence-corrected chi connectivity index (χ0v) is 13.1. The fourth-order valence-electron chi connectivity index (χ4n) is 3.42. The van der Waals surface area contributed by atoms with Gasteiger partial charge in [-0.1, -0.05) is 0 Å². The fourth-order valence-corrected chi connectivity index (χ4v) is 3.42. The SMILES string of the molecule is O=C(c1cc(C2CC2)oc1C1CC1)N1Cc2[nH]c(=O)[nH]c(=O)c2C1. The molecular weight excluding hydrogens is 310 g/mol. The lowest BCUT2D eigenvalue weighted by atomic mass is 10.1. The Morgan fingerprint density at radius 1 is 1.08 bits per heavy atom. The van der Waals surface area contributed by atoms with Crippen molar-refractivity contribution >= 4 is 5.91 Å². The van der Waals surface area contributed by atoms with Crippen LogP contribution in [0.1, 0.15) is 70.7 Å². The molecule has 7 heteroatoms. The molecule has 2 aliphatic carbocycles. The number of hydrogen-bond donors (Lipinski definition) is 2. The van der Waals surface area contributed by atoms with Crippen LogP contribution in [0.5, 0.6) is 0 Å². The number of nitrogens with zero attached hydrogens (tertiary/aromatic N) is 1. The van der Waals surface area contributed by atoms with Gasteiger partial charge in [0.1, 0.15) is 11.5 Å². The van der Waals surface area contributed by atoms with E-state index in [1.54, 1.807) is 4.90 Å². The van der Waals surface area contributed by atoms with Gasteiger partial charge < -0.3 is 14.3 Å². The molecule has 0 aromatic carbocycles. The predicted molar refractivity (Wildman–Crippen MR) is 83.9 cm³/mol. The van der Waals surface area contributed by atoms with Gasteiger partial charge in [0.25, 0.3) is 11.5 Å². The molecule has 0 radical (unpaired) electrons. The molecule has 2 N–H and O–H groups in total. The normalized spacial score (nSPS) is 19.6. The lowest BCUT2D eigenvalue weighted by Crippen LogP contribution is -2.27. The highest BCUT2D eigenvalue weighted by atomic mass is 16.3. The highest BCUT2D eigenvalue weighted by Gasteiger charge is 2.38. The van der Waals surface area contributed by atoms with Crippen LogP contribution < -0.4 is 11.2 Å². The summed E-state index contributed by atoms with van der Waals surface area (Å²) in [5.74, 6) is 2.41. The quantitative estimate of drug-likeness (QED) is 0.894. The van der Waals surface area contributed by atoms with Crippen molar-refractivity contribution in [3.63, 3.8) is 0 Å². The first kappa shape index (κ1) is 13.8. The van der Waals surface area contributed by atoms with E-state index in [1.807, 2.05) is 6.07 Å². The number of aromatic amines is 2. The number of nitrogens with one attached hydrogen (secondary N) is 2. The Morgan fingerprint density at radius 2 is 1.83 bits per heavy atom. The Hall–Kier alpha value is -2.57. The van der Waals surface area contributed by atoms with Gasteiger partial charge in [0.05, 0.1) is 24.2 Å². The van der Waals surface area contributed by atoms with Gasteiger partial charge in [0, 0.05) is 17.5 Å². The van der Waals surface area contributed by atoms with Gasteiger partial charge in [0.15, 0.2) is 0 Å². The smallest absolute Gasteiger partial charge is 0.325 e. The van der Waals surface area contributed by atoms with Crippen LogP contribution >= 0.6 is 0 Å². The standard InChI is InChI=1S/C17H17N3O4/c21-15-11-6-20(7-12(11)18-17(23)19-15)16(22)10-5-13(8-1-2-8)24-14(10)9-3-4-9/h5,8-9H,1-4,6-7H2,(H2,18,19,21,23). The molecular formula is C17H17N3O4. The van der Waals surface area contributed by atoms with Gasteiger partial charge >= 0.3 is 5.69 Å². The van der Waals surface area contributed by atoms with E-state index in [-0.39, 0.29) is 19.0 Å². The van der Waals surface area contributed by atoms with Crippen molar-refractivity contribution in [2.75, 3.05) is 0 Å². The number of carbonyl (C=O) groups excluding carboxylic acids is 1. The van der Waals surface area contributed by atoms with E-state index < -0.39 is 11.2 Å². The molecule has 2 aromatic rings. The highest BCUT2D eigenvalue weighted by Crippen LogP contribution is 2.48. The van der Waals surface area contributed by atoms with Crippen molar-refractivity contribution < 1.29 is 9.21 Å². The van der Waals surface area contributed by atoms with Crippen LogP contribution in [-0.4, -0.2) is 20.8 Å². The summed E-state index contributed by atoms with van der Waals surface area (Å²) in [6.45, 7) is 0.468. The molecule has 0 bridgehead atoms. The van der Waals surface area contributed by atoms with Crippen LogP contribution in [0.15, 0.2) is 20.1 Å². The van der Waals surface area contributed by atoms with Gasteiger partial charge in [-0.25, -0.2) is 4.79 Å². The van der Waals surface area contributed by atoms with Crippen molar-refractivity contribution in [1.82, 2.24) is 14.9 Å². The van der Waals surface area contributed by atoms with Gasteiger partial charge in [-0.15, -0.1) is 0 Å². The Kier molecular flexibility index (Phi) is 2.72. The van der Waals surface area contributed by atoms with Gasteiger partial charge in [0.2, 0.25) is 0 Å². The largest absolute Gasteiger partial charge is 0.465 e. The molecule has 3 heterocycles. The summed E-state index contributed by atoms with van der Waals surface area (Å²) in [6, 6.07) is 1.89. The second kappa shape index (κ2) is 4.72. The van der Waals surface area contributed by atoms with Crippen LogP contribution in [-0.2, 0) is 13.1 Å². The number of H-pyrrole nitrogens is 2. The van der Waals surface area contributed by atoms with E-state index in [1.165, 1.54) is 0 Å². The second-order valence-corrected chi connectivity index (χ2v) is 7.00. The summed E-state index contributed by atoms with van der Waals surface area (Å²) >= 11 is 0.